The Morgan fingerprint density at radius 2 is 0.364 bits per heavy atom. The molecule has 212 valence electrons. The third-order valence-electron chi connectivity index (χ3n) is 6.23. The summed E-state index contributed by atoms with van der Waals surface area (Å²) in [5, 5.41) is 0. The molecule has 0 aliphatic rings. The molecule has 3 aromatic carbocycles. The molecular formula is C30H18ClN12Ru+. The summed E-state index contributed by atoms with van der Waals surface area (Å²) in [4.78, 5) is 50.7. The molecule has 6 heterocycles. The van der Waals surface area contributed by atoms with Crippen molar-refractivity contribution in [3.8, 4) is 0 Å². The molecule has 12 nitrogen and oxygen atoms in total. The van der Waals surface area contributed by atoms with Crippen LogP contribution < -0.4 is 12.4 Å². The van der Waals surface area contributed by atoms with Gasteiger partial charge in [0.1, 0.15) is 33.1 Å². The van der Waals surface area contributed by atoms with Gasteiger partial charge in [0.25, 0.3) is 0 Å². The summed E-state index contributed by atoms with van der Waals surface area (Å²) >= 11 is 0. The van der Waals surface area contributed by atoms with Crippen LogP contribution in [0.15, 0.2) is 111 Å². The van der Waals surface area contributed by atoms with Crippen molar-refractivity contribution in [2.75, 3.05) is 0 Å². The third kappa shape index (κ3) is 6.05. The molecule has 0 spiro atoms. The van der Waals surface area contributed by atoms with Crippen LogP contribution in [0.2, 0.25) is 0 Å². The fourth-order valence-corrected chi connectivity index (χ4v) is 4.39. The molecule has 0 unspecified atom stereocenters. The summed E-state index contributed by atoms with van der Waals surface area (Å²) in [5.41, 5.74) is 9.91. The predicted molar refractivity (Wildman–Crippen MR) is 158 cm³/mol. The van der Waals surface area contributed by atoms with Gasteiger partial charge in [0.2, 0.25) is 0 Å². The maximum atomic E-state index is 4.24. The van der Waals surface area contributed by atoms with Gasteiger partial charge < -0.3 is 12.4 Å². The van der Waals surface area contributed by atoms with Crippen molar-refractivity contribution in [1.29, 1.82) is 0 Å². The van der Waals surface area contributed by atoms with Crippen molar-refractivity contribution in [2.45, 2.75) is 0 Å². The minimum Gasteiger partial charge on any atom is -1.00 e. The first-order valence-corrected chi connectivity index (χ1v) is 12.8. The van der Waals surface area contributed by atoms with E-state index < -0.39 is 0 Å². The smallest absolute Gasteiger partial charge is 1.00 e. The summed E-state index contributed by atoms with van der Waals surface area (Å²) in [6, 6.07) is 11.4. The number of hydrogen-bond acceptors (Lipinski definition) is 12. The van der Waals surface area contributed by atoms with Crippen LogP contribution >= 0.6 is 0 Å². The Labute approximate surface area is 267 Å². The normalized spacial score (nSPS) is 10.4. The van der Waals surface area contributed by atoms with Crippen molar-refractivity contribution in [2.24, 2.45) is 0 Å². The molecule has 6 aromatic heterocycles. The molecule has 44 heavy (non-hydrogen) atoms. The zero-order valence-electron chi connectivity index (χ0n) is 22.5. The van der Waals surface area contributed by atoms with E-state index in [-0.39, 0.29) is 31.9 Å². The molecule has 9 aromatic rings. The largest absolute Gasteiger partial charge is 2.00 e. The quantitative estimate of drug-likeness (QED) is 0.169. The Balaban J connectivity index is 0.000000128. The van der Waals surface area contributed by atoms with Gasteiger partial charge in [-0.25, -0.2) is 0 Å². The molecule has 9 rings (SSSR count). The average molecular weight is 683 g/mol. The zero-order chi connectivity index (χ0) is 28.1. The Morgan fingerprint density at radius 3 is 0.523 bits per heavy atom. The van der Waals surface area contributed by atoms with Gasteiger partial charge in [0, 0.05) is 74.4 Å². The second kappa shape index (κ2) is 13.7. The van der Waals surface area contributed by atoms with E-state index in [9.17, 15) is 0 Å². The number of rotatable bonds is 0. The Hall–Kier alpha value is -5.39. The molecule has 0 saturated carbocycles. The van der Waals surface area contributed by atoms with Crippen molar-refractivity contribution >= 4 is 66.2 Å². The van der Waals surface area contributed by atoms with Crippen LogP contribution in [0.4, 0.5) is 0 Å². The molecule has 0 N–H and O–H groups in total. The molecule has 0 fully saturated rings. The van der Waals surface area contributed by atoms with E-state index in [0.717, 1.165) is 66.2 Å². The summed E-state index contributed by atoms with van der Waals surface area (Å²) < 4.78 is 0. The summed E-state index contributed by atoms with van der Waals surface area (Å²) in [5.74, 6) is 0. The van der Waals surface area contributed by atoms with E-state index in [0.29, 0.717) is 0 Å². The van der Waals surface area contributed by atoms with E-state index >= 15 is 0 Å². The topological polar surface area (TPSA) is 155 Å². The number of nitrogens with zero attached hydrogens (tertiary/aromatic N) is 12. The average Bonchev–Trinajstić information content (AvgIpc) is 3.09. The van der Waals surface area contributed by atoms with Crippen LogP contribution in [0.25, 0.3) is 66.2 Å². The first-order valence-electron chi connectivity index (χ1n) is 12.8. The molecule has 0 aliphatic heterocycles. The van der Waals surface area contributed by atoms with Gasteiger partial charge in [-0.1, -0.05) is 0 Å². The molecule has 0 amide bonds. The van der Waals surface area contributed by atoms with E-state index in [1.54, 1.807) is 74.4 Å². The van der Waals surface area contributed by atoms with Crippen LogP contribution in [0.3, 0.4) is 0 Å². The van der Waals surface area contributed by atoms with Gasteiger partial charge in [0.15, 0.2) is 0 Å². The first kappa shape index (κ1) is 30.1. The van der Waals surface area contributed by atoms with Crippen LogP contribution in [0, 0.1) is 0 Å². The summed E-state index contributed by atoms with van der Waals surface area (Å²) in [7, 11) is 0. The second-order valence-corrected chi connectivity index (χ2v) is 8.74. The SMILES string of the molecule is [Cl-].[Ru+2].c1cnc2c(ccc3nccnc32)n1.c1cnc2c(ccc3nccnc32)n1.c1cnc2c(ccc3nccnc32)n1. The molecule has 14 heteroatoms. The monoisotopic (exact) mass is 683 g/mol. The van der Waals surface area contributed by atoms with E-state index in [1.165, 1.54) is 0 Å². The first-order chi connectivity index (χ1) is 20.8. The van der Waals surface area contributed by atoms with Gasteiger partial charge >= 0.3 is 19.5 Å². The molecule has 0 bridgehead atoms. The van der Waals surface area contributed by atoms with E-state index in [1.807, 2.05) is 36.4 Å². The Kier molecular flexibility index (Phi) is 9.38. The number of aromatic nitrogens is 12. The van der Waals surface area contributed by atoms with Crippen LogP contribution in [-0.4, -0.2) is 59.8 Å². The second-order valence-electron chi connectivity index (χ2n) is 8.74. The maximum absolute atomic E-state index is 4.24. The van der Waals surface area contributed by atoms with Crippen molar-refractivity contribution in [3.63, 3.8) is 0 Å². The number of hydrogen-bond donors (Lipinski definition) is 0. The van der Waals surface area contributed by atoms with Crippen LogP contribution in [0.1, 0.15) is 0 Å². The van der Waals surface area contributed by atoms with Gasteiger partial charge in [0.05, 0.1) is 33.1 Å². The number of halogens is 1. The minimum absolute atomic E-state index is 0. The maximum Gasteiger partial charge on any atom is 2.00 e. The molecule has 0 radical (unpaired) electrons. The van der Waals surface area contributed by atoms with Crippen LogP contribution in [-0.2, 0) is 19.5 Å². The standard InChI is InChI=1S/3C10H6N4.ClH.Ru/c3*1-2-8-10(14-6-4-12-8)9-7(1)11-3-5-13-9;;/h3*1-6H;1H;/q;;;;+2/p-1. The number of benzene rings is 3. The molecular weight excluding hydrogens is 665 g/mol. The number of fused-ring (bicyclic) bond motifs is 9. The molecule has 0 saturated heterocycles. The fraction of sp³-hybridized carbons (Fsp3) is 0. The zero-order valence-corrected chi connectivity index (χ0v) is 25.0. The van der Waals surface area contributed by atoms with Crippen molar-refractivity contribution < 1.29 is 31.9 Å². The van der Waals surface area contributed by atoms with Gasteiger partial charge in [-0.3, -0.25) is 59.8 Å². The van der Waals surface area contributed by atoms with Crippen LogP contribution in [0.5, 0.6) is 0 Å². The van der Waals surface area contributed by atoms with E-state index in [4.69, 9.17) is 0 Å². The Morgan fingerprint density at radius 1 is 0.227 bits per heavy atom. The third-order valence-corrected chi connectivity index (χ3v) is 6.23. The minimum atomic E-state index is 0. The fourth-order valence-electron chi connectivity index (χ4n) is 4.39. The van der Waals surface area contributed by atoms with Crippen molar-refractivity contribution in [3.05, 3.63) is 111 Å². The summed E-state index contributed by atoms with van der Waals surface area (Å²) in [6.45, 7) is 0. The molecule has 0 aliphatic carbocycles. The summed E-state index contributed by atoms with van der Waals surface area (Å²) in [6.07, 6.45) is 20.0. The van der Waals surface area contributed by atoms with Gasteiger partial charge in [-0.15, -0.1) is 0 Å². The van der Waals surface area contributed by atoms with E-state index in [2.05, 4.69) is 59.8 Å². The predicted octanol–water partition coefficient (Wildman–Crippen LogP) is 1.72. The molecule has 0 atom stereocenters. The van der Waals surface area contributed by atoms with Crippen molar-refractivity contribution in [1.82, 2.24) is 59.8 Å². The Bertz CT molecular complexity index is 1930. The van der Waals surface area contributed by atoms with Gasteiger partial charge in [-0.2, -0.15) is 0 Å². The van der Waals surface area contributed by atoms with Gasteiger partial charge in [-0.05, 0) is 36.4 Å².